The van der Waals surface area contributed by atoms with E-state index in [1.807, 2.05) is 0 Å². The minimum absolute atomic E-state index is 1.36. The summed E-state index contributed by atoms with van der Waals surface area (Å²) < 4.78 is 224. The number of allylic oxidation sites excluding steroid dienone is 1. The molecule has 3 nitrogen and oxygen atoms in total. The summed E-state index contributed by atoms with van der Waals surface area (Å²) >= 11 is 0. The normalized spacial score (nSPS) is 16.3. The summed E-state index contributed by atoms with van der Waals surface area (Å²) in [7, 11) is -8.04. The molecule has 0 amide bonds. The molecule has 0 aliphatic heterocycles. The second kappa shape index (κ2) is 7.51. The maximum absolute atomic E-state index is 13.7. The van der Waals surface area contributed by atoms with Gasteiger partial charge in [0.15, 0.2) is 0 Å². The molecule has 0 aliphatic rings. The summed E-state index contributed by atoms with van der Waals surface area (Å²) in [4.78, 5) is 0. The Kier molecular flexibility index (Phi) is 7.06. The Hall–Kier alpha value is -1.73. The van der Waals surface area contributed by atoms with Crippen LogP contribution in [-0.4, -0.2) is 37.7 Å². The van der Waals surface area contributed by atoms with Gasteiger partial charge in [0.1, 0.15) is 5.57 Å². The molecule has 0 fully saturated rings. The van der Waals surface area contributed by atoms with E-state index < -0.39 is 63.1 Å². The van der Waals surface area contributed by atoms with E-state index in [1.54, 1.807) is 0 Å². The second-order valence-electron chi connectivity index (χ2n) is 4.45. The van der Waals surface area contributed by atoms with Gasteiger partial charge in [-0.05, 0) is 0 Å². The quantitative estimate of drug-likeness (QED) is 0.265. The zero-order valence-electron chi connectivity index (χ0n) is 12.2. The molecule has 0 aromatic carbocycles. The molecule has 0 saturated heterocycles. The minimum Gasteiger partial charge on any atom is -0.264 e. The number of hydrogen-bond donors (Lipinski definition) is 0. The summed E-state index contributed by atoms with van der Waals surface area (Å²) in [5.74, 6) is -19.9. The van der Waals surface area contributed by atoms with Crippen molar-refractivity contribution < 1.29 is 82.9 Å². The fourth-order valence-corrected chi connectivity index (χ4v) is 1.60. The molecular weight excluding hydrogens is 492 g/mol. The van der Waals surface area contributed by atoms with Gasteiger partial charge >= 0.3 is 45.6 Å². The first kappa shape index (κ1) is 27.3. The lowest BCUT2D eigenvalue weighted by Gasteiger charge is -2.37. The summed E-state index contributed by atoms with van der Waals surface area (Å²) in [6, 6.07) is 0. The van der Waals surface area contributed by atoms with Crippen LogP contribution in [0, 0.1) is 0 Å². The van der Waals surface area contributed by atoms with Gasteiger partial charge in [-0.1, -0.05) is 3.89 Å². The molecule has 0 radical (unpaired) electrons. The van der Waals surface area contributed by atoms with E-state index in [1.165, 1.54) is 4.74 Å². The van der Waals surface area contributed by atoms with E-state index in [-0.39, 0.29) is 0 Å². The van der Waals surface area contributed by atoms with Gasteiger partial charge in [0.25, 0.3) is 6.08 Å². The highest BCUT2D eigenvalue weighted by Gasteiger charge is 2.82. The molecule has 1 atom stereocenters. The van der Waals surface area contributed by atoms with Crippen molar-refractivity contribution >= 4 is 10.2 Å². The van der Waals surface area contributed by atoms with Crippen LogP contribution < -0.4 is 0 Å². The van der Waals surface area contributed by atoms with Crippen LogP contribution in [0.3, 0.4) is 0 Å². The van der Waals surface area contributed by atoms with Crippen LogP contribution >= 0.6 is 0 Å². The van der Waals surface area contributed by atoms with Crippen LogP contribution in [0.1, 0.15) is 0 Å². The average Bonchev–Trinajstić information content (AvgIpc) is 2.42. The van der Waals surface area contributed by atoms with Gasteiger partial charge in [0.2, 0.25) is 5.83 Å². The van der Waals surface area contributed by atoms with Gasteiger partial charge in [-0.3, -0.25) is 4.74 Å². The monoisotopic (exact) mass is 492 g/mol. The summed E-state index contributed by atoms with van der Waals surface area (Å²) in [5.41, 5.74) is -4.57. The van der Waals surface area contributed by atoms with Gasteiger partial charge in [0.05, 0.1) is 0 Å². The molecule has 20 heteroatoms. The molecule has 0 rings (SSSR count). The number of hydrogen-bond acceptors (Lipinski definition) is 3. The standard InChI is InChI=1S/C9F16O3S/c10-2(4(13)14)1(3(11)12)5(15,16)6(17,7(18,19)20)28-8(21,22)9(23,24)29(25,26)27. The first-order valence-electron chi connectivity index (χ1n) is 5.68. The third-order valence-corrected chi connectivity index (χ3v) is 3.42. The predicted octanol–water partition coefficient (Wildman–Crippen LogP) is 5.58. The Bertz CT molecular complexity index is 800. The number of ether oxygens (including phenoxy) is 1. The van der Waals surface area contributed by atoms with Gasteiger partial charge in [-0.25, -0.2) is 4.39 Å². The highest BCUT2D eigenvalue weighted by Crippen LogP contribution is 2.56. The number of halogens is 16. The zero-order valence-corrected chi connectivity index (χ0v) is 13.0. The van der Waals surface area contributed by atoms with E-state index in [4.69, 9.17) is 0 Å². The number of alkyl halides is 10. The van der Waals surface area contributed by atoms with Crippen molar-refractivity contribution in [2.75, 3.05) is 0 Å². The second-order valence-corrected chi connectivity index (χ2v) is 5.84. The molecule has 29 heavy (non-hydrogen) atoms. The molecule has 0 saturated carbocycles. The summed E-state index contributed by atoms with van der Waals surface area (Å²) in [5, 5.41) is -7.55. The van der Waals surface area contributed by atoms with Crippen molar-refractivity contribution in [3.05, 3.63) is 23.6 Å². The van der Waals surface area contributed by atoms with Crippen LogP contribution in [-0.2, 0) is 15.0 Å². The van der Waals surface area contributed by atoms with Crippen molar-refractivity contribution in [2.45, 2.75) is 29.3 Å². The SMILES string of the molecule is O=S(=O)(F)C(F)(F)C(F)(F)OC(F)(C(F)(F)F)C(F)(F)C(=C(F)F)C(F)=C(F)F. The van der Waals surface area contributed by atoms with Crippen LogP contribution in [0.4, 0.5) is 69.7 Å². The molecule has 0 aliphatic carbocycles. The molecule has 0 aromatic rings. The molecule has 0 N–H and O–H groups in total. The van der Waals surface area contributed by atoms with E-state index in [0.29, 0.717) is 0 Å². The topological polar surface area (TPSA) is 43.4 Å². The smallest absolute Gasteiger partial charge is 0.264 e. The molecule has 0 heterocycles. The Balaban J connectivity index is 7.02. The molecule has 1 unspecified atom stereocenters. The highest BCUT2D eigenvalue weighted by molar-refractivity contribution is 7.87. The maximum atomic E-state index is 13.7. The van der Waals surface area contributed by atoms with Gasteiger partial charge < -0.3 is 0 Å². The predicted molar refractivity (Wildman–Crippen MR) is 55.4 cm³/mol. The van der Waals surface area contributed by atoms with Gasteiger partial charge in [0, 0.05) is 0 Å². The Morgan fingerprint density at radius 1 is 0.690 bits per heavy atom. The molecular formula is C9F16O3S. The van der Waals surface area contributed by atoms with Crippen LogP contribution in [0.2, 0.25) is 0 Å². The summed E-state index contributed by atoms with van der Waals surface area (Å²) in [6.07, 6.45) is -24.5. The van der Waals surface area contributed by atoms with E-state index in [9.17, 15) is 78.2 Å². The highest BCUT2D eigenvalue weighted by atomic mass is 32.3. The van der Waals surface area contributed by atoms with Crippen molar-refractivity contribution in [1.29, 1.82) is 0 Å². The van der Waals surface area contributed by atoms with Gasteiger partial charge in [-0.2, -0.15) is 69.9 Å². The van der Waals surface area contributed by atoms with E-state index in [0.717, 1.165) is 0 Å². The minimum atomic E-state index is -8.04. The third kappa shape index (κ3) is 4.56. The van der Waals surface area contributed by atoms with Crippen LogP contribution in [0.25, 0.3) is 0 Å². The fraction of sp³-hybridized carbons (Fsp3) is 0.556. The average molecular weight is 492 g/mol. The Labute approximate surface area is 147 Å². The molecule has 172 valence electrons. The lowest BCUT2D eigenvalue weighted by atomic mass is 10.00. The zero-order chi connectivity index (χ0) is 24.0. The van der Waals surface area contributed by atoms with E-state index in [2.05, 4.69) is 0 Å². The first-order chi connectivity index (χ1) is 12.4. The molecule has 0 aromatic heterocycles. The largest absolute Gasteiger partial charge is 0.464 e. The number of rotatable bonds is 7. The van der Waals surface area contributed by atoms with Gasteiger partial charge in [-0.15, -0.1) is 0 Å². The maximum Gasteiger partial charge on any atom is 0.464 e. The third-order valence-electron chi connectivity index (χ3n) is 2.57. The van der Waals surface area contributed by atoms with Crippen LogP contribution in [0.15, 0.2) is 23.6 Å². The fourth-order valence-electron chi connectivity index (χ4n) is 1.27. The lowest BCUT2D eigenvalue weighted by Crippen LogP contribution is -2.64. The molecule has 0 spiro atoms. The van der Waals surface area contributed by atoms with E-state index >= 15 is 0 Å². The lowest BCUT2D eigenvalue weighted by molar-refractivity contribution is -0.472. The Morgan fingerprint density at radius 3 is 1.31 bits per heavy atom. The van der Waals surface area contributed by atoms with Crippen molar-refractivity contribution in [3.63, 3.8) is 0 Å². The van der Waals surface area contributed by atoms with Crippen molar-refractivity contribution in [2.24, 2.45) is 0 Å². The summed E-state index contributed by atoms with van der Waals surface area (Å²) in [6.45, 7) is 0. The Morgan fingerprint density at radius 2 is 1.07 bits per heavy atom. The molecule has 0 bridgehead atoms. The van der Waals surface area contributed by atoms with Crippen molar-refractivity contribution in [1.82, 2.24) is 0 Å². The first-order valence-corrected chi connectivity index (χ1v) is 7.07. The van der Waals surface area contributed by atoms with Crippen LogP contribution in [0.5, 0.6) is 0 Å². The van der Waals surface area contributed by atoms with Crippen molar-refractivity contribution in [3.8, 4) is 0 Å².